The Morgan fingerprint density at radius 2 is 1.30 bits per heavy atom. The zero-order valence-electron chi connectivity index (χ0n) is 18.4. The Morgan fingerprint density at radius 1 is 0.758 bits per heavy atom. The first kappa shape index (κ1) is 23.5. The third-order valence-corrected chi connectivity index (χ3v) is 5.16. The number of esters is 1. The maximum absolute atomic E-state index is 13.2. The molecule has 7 heteroatoms. The van der Waals surface area contributed by atoms with Crippen LogP contribution in [0.4, 0.5) is 5.69 Å². The molecule has 0 bridgehead atoms. The number of methoxy groups -OCH3 is 1. The number of amides is 2. The van der Waals surface area contributed by atoms with Gasteiger partial charge < -0.3 is 21.1 Å². The van der Waals surface area contributed by atoms with Gasteiger partial charge in [-0.2, -0.15) is 0 Å². The van der Waals surface area contributed by atoms with Gasteiger partial charge in [-0.25, -0.2) is 4.79 Å². The van der Waals surface area contributed by atoms with E-state index in [4.69, 9.17) is 10.5 Å². The quantitative estimate of drug-likeness (QED) is 0.346. The summed E-state index contributed by atoms with van der Waals surface area (Å²) in [5, 5.41) is 5.54. The summed E-state index contributed by atoms with van der Waals surface area (Å²) in [7, 11) is 1.27. The lowest BCUT2D eigenvalue weighted by Gasteiger charge is -2.22. The molecular weight excluding hydrogens is 418 g/mol. The normalized spacial score (nSPS) is 12.3. The van der Waals surface area contributed by atoms with Crippen molar-refractivity contribution in [2.24, 2.45) is 0 Å². The SMILES string of the molecule is COC(=O)C(Cc1ccc(N)cc1)NC(=O)C(Cc1ccccc1)NC(=O)c1ccccc1. The van der Waals surface area contributed by atoms with Crippen LogP contribution in [0.3, 0.4) is 0 Å². The molecule has 2 unspecified atom stereocenters. The largest absolute Gasteiger partial charge is 0.467 e. The average molecular weight is 446 g/mol. The molecular formula is C26H27N3O4. The highest BCUT2D eigenvalue weighted by molar-refractivity contribution is 5.98. The van der Waals surface area contributed by atoms with Gasteiger partial charge in [0.25, 0.3) is 5.91 Å². The number of rotatable bonds is 9. The van der Waals surface area contributed by atoms with E-state index in [-0.39, 0.29) is 18.7 Å². The second-order valence-electron chi connectivity index (χ2n) is 7.61. The van der Waals surface area contributed by atoms with Gasteiger partial charge >= 0.3 is 5.97 Å². The molecule has 0 saturated carbocycles. The van der Waals surface area contributed by atoms with Crippen LogP contribution < -0.4 is 16.4 Å². The highest BCUT2D eigenvalue weighted by Gasteiger charge is 2.28. The smallest absolute Gasteiger partial charge is 0.328 e. The van der Waals surface area contributed by atoms with Crippen LogP contribution in [0.25, 0.3) is 0 Å². The minimum Gasteiger partial charge on any atom is -0.467 e. The molecule has 0 fully saturated rings. The van der Waals surface area contributed by atoms with Crippen LogP contribution in [0.15, 0.2) is 84.9 Å². The Labute approximate surface area is 193 Å². The lowest BCUT2D eigenvalue weighted by molar-refractivity contribution is -0.145. The van der Waals surface area contributed by atoms with Gasteiger partial charge in [0, 0.05) is 24.1 Å². The van der Waals surface area contributed by atoms with Crippen molar-refractivity contribution >= 4 is 23.5 Å². The number of carbonyl (C=O) groups is 3. The topological polar surface area (TPSA) is 111 Å². The molecule has 2 atom stereocenters. The van der Waals surface area contributed by atoms with E-state index in [0.717, 1.165) is 11.1 Å². The Morgan fingerprint density at radius 3 is 1.91 bits per heavy atom. The molecule has 0 aliphatic heterocycles. The van der Waals surface area contributed by atoms with Gasteiger partial charge in [0.05, 0.1) is 7.11 Å². The van der Waals surface area contributed by atoms with Crippen molar-refractivity contribution in [1.82, 2.24) is 10.6 Å². The number of nitrogens with one attached hydrogen (secondary N) is 2. The predicted molar refractivity (Wildman–Crippen MR) is 126 cm³/mol. The van der Waals surface area contributed by atoms with Crippen LogP contribution >= 0.6 is 0 Å². The number of hydrogen-bond acceptors (Lipinski definition) is 5. The Kier molecular flexibility index (Phi) is 8.18. The summed E-state index contributed by atoms with van der Waals surface area (Å²) < 4.78 is 4.89. The first-order chi connectivity index (χ1) is 16.0. The van der Waals surface area contributed by atoms with Crippen LogP contribution in [0, 0.1) is 0 Å². The van der Waals surface area contributed by atoms with E-state index in [9.17, 15) is 14.4 Å². The van der Waals surface area contributed by atoms with Crippen LogP contribution in [0.1, 0.15) is 21.5 Å². The van der Waals surface area contributed by atoms with Crippen molar-refractivity contribution in [1.29, 1.82) is 0 Å². The number of benzene rings is 3. The lowest BCUT2D eigenvalue weighted by Crippen LogP contribution is -2.53. The van der Waals surface area contributed by atoms with E-state index in [1.165, 1.54) is 7.11 Å². The average Bonchev–Trinajstić information content (AvgIpc) is 2.85. The molecule has 0 aliphatic carbocycles. The van der Waals surface area contributed by atoms with E-state index < -0.39 is 24.0 Å². The zero-order valence-corrected chi connectivity index (χ0v) is 18.4. The van der Waals surface area contributed by atoms with Crippen LogP contribution in [0.5, 0.6) is 0 Å². The number of carbonyl (C=O) groups excluding carboxylic acids is 3. The number of nitrogen functional groups attached to an aromatic ring is 1. The van der Waals surface area contributed by atoms with Crippen molar-refractivity contribution in [3.05, 3.63) is 102 Å². The molecule has 0 heterocycles. The Bertz CT molecular complexity index is 1070. The summed E-state index contributed by atoms with van der Waals surface area (Å²) in [4.78, 5) is 38.4. The van der Waals surface area contributed by atoms with E-state index in [1.807, 2.05) is 36.4 Å². The first-order valence-electron chi connectivity index (χ1n) is 10.6. The highest BCUT2D eigenvalue weighted by Crippen LogP contribution is 2.11. The van der Waals surface area contributed by atoms with Gasteiger partial charge in [0.1, 0.15) is 12.1 Å². The van der Waals surface area contributed by atoms with Gasteiger partial charge in [-0.1, -0.05) is 60.7 Å². The van der Waals surface area contributed by atoms with E-state index >= 15 is 0 Å². The predicted octanol–water partition coefficient (Wildman–Crippen LogP) is 2.51. The van der Waals surface area contributed by atoms with Crippen molar-refractivity contribution in [3.8, 4) is 0 Å². The molecule has 33 heavy (non-hydrogen) atoms. The fourth-order valence-electron chi connectivity index (χ4n) is 3.39. The molecule has 7 nitrogen and oxygen atoms in total. The molecule has 2 amide bonds. The summed E-state index contributed by atoms with van der Waals surface area (Å²) in [6.07, 6.45) is 0.490. The van der Waals surface area contributed by atoms with Gasteiger partial charge in [-0.3, -0.25) is 9.59 Å². The standard InChI is InChI=1S/C26H27N3O4/c1-33-26(32)23(17-19-12-14-21(27)15-13-19)29-25(31)22(16-18-8-4-2-5-9-18)28-24(30)20-10-6-3-7-11-20/h2-15,22-23H,16-17,27H2,1H3,(H,28,30)(H,29,31). The molecule has 3 rings (SSSR count). The number of hydrogen-bond donors (Lipinski definition) is 3. The van der Waals surface area contributed by atoms with E-state index in [0.29, 0.717) is 11.3 Å². The maximum Gasteiger partial charge on any atom is 0.328 e. The van der Waals surface area contributed by atoms with Crippen molar-refractivity contribution in [2.45, 2.75) is 24.9 Å². The third kappa shape index (κ3) is 6.93. The molecule has 3 aromatic rings. The fraction of sp³-hybridized carbons (Fsp3) is 0.192. The number of anilines is 1. The first-order valence-corrected chi connectivity index (χ1v) is 10.6. The summed E-state index contributed by atoms with van der Waals surface area (Å²) in [6.45, 7) is 0. The van der Waals surface area contributed by atoms with E-state index in [2.05, 4.69) is 10.6 Å². The summed E-state index contributed by atoms with van der Waals surface area (Å²) in [6, 6.07) is 23.2. The minimum absolute atomic E-state index is 0.226. The molecule has 0 aliphatic rings. The van der Waals surface area contributed by atoms with E-state index in [1.54, 1.807) is 48.5 Å². The zero-order chi connectivity index (χ0) is 23.6. The maximum atomic E-state index is 13.2. The second kappa shape index (κ2) is 11.5. The monoisotopic (exact) mass is 445 g/mol. The van der Waals surface area contributed by atoms with Crippen LogP contribution in [0.2, 0.25) is 0 Å². The summed E-state index contributed by atoms with van der Waals surface area (Å²) in [5.74, 6) is -1.43. The van der Waals surface area contributed by atoms with Crippen LogP contribution in [-0.4, -0.2) is 37.0 Å². The Hall–Kier alpha value is -4.13. The van der Waals surface area contributed by atoms with Gasteiger partial charge in [0.15, 0.2) is 0 Å². The van der Waals surface area contributed by atoms with Crippen molar-refractivity contribution in [3.63, 3.8) is 0 Å². The number of ether oxygens (including phenoxy) is 1. The molecule has 4 N–H and O–H groups in total. The summed E-state index contributed by atoms with van der Waals surface area (Å²) in [5.41, 5.74) is 8.46. The minimum atomic E-state index is -0.918. The fourth-order valence-corrected chi connectivity index (χ4v) is 3.39. The second-order valence-corrected chi connectivity index (χ2v) is 7.61. The molecule has 3 aromatic carbocycles. The van der Waals surface area contributed by atoms with Crippen molar-refractivity contribution in [2.75, 3.05) is 12.8 Å². The highest BCUT2D eigenvalue weighted by atomic mass is 16.5. The molecule has 0 spiro atoms. The van der Waals surface area contributed by atoms with Gasteiger partial charge in [-0.15, -0.1) is 0 Å². The molecule has 0 saturated heterocycles. The lowest BCUT2D eigenvalue weighted by atomic mass is 10.0. The third-order valence-electron chi connectivity index (χ3n) is 5.16. The number of nitrogens with two attached hydrogens (primary N) is 1. The molecule has 170 valence electrons. The van der Waals surface area contributed by atoms with Crippen molar-refractivity contribution < 1.29 is 19.1 Å². The Balaban J connectivity index is 1.79. The molecule has 0 radical (unpaired) electrons. The van der Waals surface area contributed by atoms with Gasteiger partial charge in [0.2, 0.25) is 5.91 Å². The van der Waals surface area contributed by atoms with Gasteiger partial charge in [-0.05, 0) is 35.4 Å². The van der Waals surface area contributed by atoms with Crippen LogP contribution in [-0.2, 0) is 27.2 Å². The molecule has 0 aromatic heterocycles. The summed E-state index contributed by atoms with van der Waals surface area (Å²) >= 11 is 0.